The SMILES string of the molecule is O=C(CN1CCCNCC1)NC1C2CC3CC(C2)CC1C3. The van der Waals surface area contributed by atoms with Gasteiger partial charge in [-0.2, -0.15) is 0 Å². The van der Waals surface area contributed by atoms with Crippen LogP contribution in [0.15, 0.2) is 0 Å². The van der Waals surface area contributed by atoms with Crippen molar-refractivity contribution in [2.24, 2.45) is 23.7 Å². The Morgan fingerprint density at radius 1 is 1.00 bits per heavy atom. The van der Waals surface area contributed by atoms with Crippen LogP contribution in [0, 0.1) is 23.7 Å². The van der Waals surface area contributed by atoms with Gasteiger partial charge in [-0.3, -0.25) is 9.69 Å². The summed E-state index contributed by atoms with van der Waals surface area (Å²) in [5.41, 5.74) is 0. The van der Waals surface area contributed by atoms with Crippen LogP contribution in [-0.4, -0.2) is 49.6 Å². The first-order valence-corrected chi connectivity index (χ1v) is 9.00. The van der Waals surface area contributed by atoms with Crippen LogP contribution in [0.25, 0.3) is 0 Å². The standard InChI is InChI=1S/C17H29N3O/c21-16(11-20-4-1-2-18-3-5-20)19-17-14-7-12-6-13(9-14)10-15(17)8-12/h12-15,17-18H,1-11H2,(H,19,21). The van der Waals surface area contributed by atoms with Crippen molar-refractivity contribution < 1.29 is 4.79 Å². The number of hydrogen-bond donors (Lipinski definition) is 2. The summed E-state index contributed by atoms with van der Waals surface area (Å²) in [5, 5.41) is 6.83. The van der Waals surface area contributed by atoms with Crippen LogP contribution in [0.5, 0.6) is 0 Å². The highest BCUT2D eigenvalue weighted by Gasteiger charge is 2.48. The molecule has 0 aromatic rings. The summed E-state index contributed by atoms with van der Waals surface area (Å²) in [6, 6.07) is 0.496. The zero-order chi connectivity index (χ0) is 14.2. The number of hydrogen-bond acceptors (Lipinski definition) is 3. The number of carbonyl (C=O) groups excluding carboxylic acids is 1. The highest BCUT2D eigenvalue weighted by Crippen LogP contribution is 2.53. The average molecular weight is 291 g/mol. The molecule has 4 saturated carbocycles. The minimum Gasteiger partial charge on any atom is -0.352 e. The lowest BCUT2D eigenvalue weighted by Gasteiger charge is -2.54. The van der Waals surface area contributed by atoms with Crippen molar-refractivity contribution >= 4 is 5.91 Å². The average Bonchev–Trinajstić information content (AvgIpc) is 2.70. The molecular formula is C17H29N3O. The maximum absolute atomic E-state index is 12.4. The Morgan fingerprint density at radius 2 is 1.71 bits per heavy atom. The van der Waals surface area contributed by atoms with Gasteiger partial charge in [0, 0.05) is 19.1 Å². The van der Waals surface area contributed by atoms with Crippen molar-refractivity contribution in [1.29, 1.82) is 0 Å². The first-order chi connectivity index (χ1) is 10.3. The summed E-state index contributed by atoms with van der Waals surface area (Å²) in [6.07, 6.45) is 8.16. The first kappa shape index (κ1) is 14.0. The summed E-state index contributed by atoms with van der Waals surface area (Å²) in [4.78, 5) is 14.8. The van der Waals surface area contributed by atoms with Gasteiger partial charge in [-0.25, -0.2) is 0 Å². The van der Waals surface area contributed by atoms with E-state index in [-0.39, 0.29) is 5.91 Å². The molecule has 0 radical (unpaired) electrons. The van der Waals surface area contributed by atoms with Gasteiger partial charge in [0.05, 0.1) is 6.54 Å². The molecule has 0 unspecified atom stereocenters. The van der Waals surface area contributed by atoms with Crippen LogP contribution in [0.3, 0.4) is 0 Å². The number of rotatable bonds is 3. The molecule has 4 heteroatoms. The Bertz CT molecular complexity index is 361. The van der Waals surface area contributed by atoms with E-state index in [4.69, 9.17) is 0 Å². The van der Waals surface area contributed by atoms with E-state index >= 15 is 0 Å². The molecule has 0 atom stereocenters. The van der Waals surface area contributed by atoms with Crippen LogP contribution >= 0.6 is 0 Å². The zero-order valence-corrected chi connectivity index (χ0v) is 13.0. The Morgan fingerprint density at radius 3 is 2.43 bits per heavy atom. The zero-order valence-electron chi connectivity index (χ0n) is 13.0. The second-order valence-corrected chi connectivity index (χ2v) is 7.90. The minimum atomic E-state index is 0.273. The van der Waals surface area contributed by atoms with Gasteiger partial charge < -0.3 is 10.6 Å². The molecule has 4 bridgehead atoms. The largest absolute Gasteiger partial charge is 0.352 e. The molecule has 0 aromatic carbocycles. The molecule has 1 saturated heterocycles. The van der Waals surface area contributed by atoms with Gasteiger partial charge in [0.1, 0.15) is 0 Å². The smallest absolute Gasteiger partial charge is 0.234 e. The highest BCUT2D eigenvalue weighted by atomic mass is 16.2. The molecule has 0 aromatic heterocycles. The lowest BCUT2D eigenvalue weighted by atomic mass is 9.54. The molecule has 5 aliphatic rings. The third-order valence-electron chi connectivity index (χ3n) is 6.35. The quantitative estimate of drug-likeness (QED) is 0.822. The fourth-order valence-corrected chi connectivity index (χ4v) is 5.66. The molecule has 0 spiro atoms. The van der Waals surface area contributed by atoms with Crippen molar-refractivity contribution in [3.05, 3.63) is 0 Å². The van der Waals surface area contributed by atoms with E-state index in [9.17, 15) is 4.79 Å². The van der Waals surface area contributed by atoms with E-state index in [1.807, 2.05) is 0 Å². The van der Waals surface area contributed by atoms with E-state index in [0.717, 1.165) is 56.3 Å². The molecule has 4 aliphatic carbocycles. The molecule has 2 N–H and O–H groups in total. The second-order valence-electron chi connectivity index (χ2n) is 7.90. The van der Waals surface area contributed by atoms with Crippen LogP contribution < -0.4 is 10.6 Å². The van der Waals surface area contributed by atoms with Gasteiger partial charge in [-0.15, -0.1) is 0 Å². The molecule has 21 heavy (non-hydrogen) atoms. The number of carbonyl (C=O) groups is 1. The Hall–Kier alpha value is -0.610. The van der Waals surface area contributed by atoms with Crippen molar-refractivity contribution in [1.82, 2.24) is 15.5 Å². The fourth-order valence-electron chi connectivity index (χ4n) is 5.66. The maximum atomic E-state index is 12.4. The summed E-state index contributed by atoms with van der Waals surface area (Å²) < 4.78 is 0. The van der Waals surface area contributed by atoms with Gasteiger partial charge in [0.15, 0.2) is 0 Å². The van der Waals surface area contributed by atoms with Crippen molar-refractivity contribution in [2.45, 2.75) is 44.6 Å². The van der Waals surface area contributed by atoms with Crippen molar-refractivity contribution in [3.63, 3.8) is 0 Å². The summed E-state index contributed by atoms with van der Waals surface area (Å²) in [5.74, 6) is 3.82. The van der Waals surface area contributed by atoms with Crippen LogP contribution in [0.4, 0.5) is 0 Å². The Kier molecular flexibility index (Phi) is 3.92. The van der Waals surface area contributed by atoms with Gasteiger partial charge in [-0.05, 0) is 75.3 Å². The molecule has 4 nitrogen and oxygen atoms in total. The summed E-state index contributed by atoms with van der Waals surface area (Å²) in [6.45, 7) is 4.78. The number of nitrogens with one attached hydrogen (secondary N) is 2. The molecule has 5 rings (SSSR count). The van der Waals surface area contributed by atoms with Gasteiger partial charge in [0.2, 0.25) is 5.91 Å². The third kappa shape index (κ3) is 2.98. The van der Waals surface area contributed by atoms with Crippen LogP contribution in [0.1, 0.15) is 38.5 Å². The molecular weight excluding hydrogens is 262 g/mol. The second kappa shape index (κ2) is 5.88. The molecule has 118 valence electrons. The fraction of sp³-hybridized carbons (Fsp3) is 0.941. The predicted molar refractivity (Wildman–Crippen MR) is 82.9 cm³/mol. The van der Waals surface area contributed by atoms with E-state index in [0.29, 0.717) is 12.6 Å². The van der Waals surface area contributed by atoms with E-state index < -0.39 is 0 Å². The summed E-state index contributed by atoms with van der Waals surface area (Å²) in [7, 11) is 0. The van der Waals surface area contributed by atoms with Crippen molar-refractivity contribution in [3.8, 4) is 0 Å². The molecule has 1 heterocycles. The normalized spacial score (nSPS) is 42.8. The predicted octanol–water partition coefficient (Wildman–Crippen LogP) is 1.22. The minimum absolute atomic E-state index is 0.273. The molecule has 1 amide bonds. The number of amides is 1. The van der Waals surface area contributed by atoms with E-state index in [1.165, 1.54) is 32.1 Å². The van der Waals surface area contributed by atoms with Crippen molar-refractivity contribution in [2.75, 3.05) is 32.7 Å². The maximum Gasteiger partial charge on any atom is 0.234 e. The highest BCUT2D eigenvalue weighted by molar-refractivity contribution is 5.78. The number of nitrogens with zero attached hydrogens (tertiary/aromatic N) is 1. The van der Waals surface area contributed by atoms with E-state index in [1.54, 1.807) is 0 Å². The molecule has 1 aliphatic heterocycles. The Balaban J connectivity index is 1.32. The lowest BCUT2D eigenvalue weighted by Crippen LogP contribution is -2.57. The third-order valence-corrected chi connectivity index (χ3v) is 6.35. The van der Waals surface area contributed by atoms with E-state index in [2.05, 4.69) is 15.5 Å². The first-order valence-electron chi connectivity index (χ1n) is 9.00. The van der Waals surface area contributed by atoms with Crippen LogP contribution in [-0.2, 0) is 4.79 Å². The lowest BCUT2D eigenvalue weighted by molar-refractivity contribution is -0.126. The van der Waals surface area contributed by atoms with Crippen LogP contribution in [0.2, 0.25) is 0 Å². The van der Waals surface area contributed by atoms with Gasteiger partial charge >= 0.3 is 0 Å². The topological polar surface area (TPSA) is 44.4 Å². The van der Waals surface area contributed by atoms with Gasteiger partial charge in [0.25, 0.3) is 0 Å². The molecule has 5 fully saturated rings. The monoisotopic (exact) mass is 291 g/mol. The summed E-state index contributed by atoms with van der Waals surface area (Å²) >= 11 is 0. The Labute approximate surface area is 128 Å². The van der Waals surface area contributed by atoms with Gasteiger partial charge in [-0.1, -0.05) is 0 Å².